The van der Waals surface area contributed by atoms with Gasteiger partial charge in [-0.05, 0) is 24.6 Å². The van der Waals surface area contributed by atoms with Crippen molar-refractivity contribution in [2.24, 2.45) is 0 Å². The number of hydrogen-bond acceptors (Lipinski definition) is 5. The van der Waals surface area contributed by atoms with Gasteiger partial charge >= 0.3 is 6.09 Å². The lowest BCUT2D eigenvalue weighted by Crippen LogP contribution is -2.54. The summed E-state index contributed by atoms with van der Waals surface area (Å²) < 4.78 is 5.93. The lowest BCUT2D eigenvalue weighted by Gasteiger charge is -2.36. The van der Waals surface area contributed by atoms with Crippen molar-refractivity contribution in [2.45, 2.75) is 24.5 Å². The van der Waals surface area contributed by atoms with Crippen molar-refractivity contribution in [3.8, 4) is 6.07 Å². The third-order valence-electron chi connectivity index (χ3n) is 5.60. The molecule has 8 heteroatoms. The Bertz CT molecular complexity index is 855. The van der Waals surface area contributed by atoms with Gasteiger partial charge in [-0.1, -0.05) is 42.5 Å². The molecule has 1 aromatic rings. The molecule has 0 radical (unpaired) electrons. The van der Waals surface area contributed by atoms with Crippen LogP contribution in [0.2, 0.25) is 0 Å². The predicted octanol–water partition coefficient (Wildman–Crippen LogP) is 1.98. The second kappa shape index (κ2) is 10.2. The monoisotopic (exact) mass is 424 g/mol. The molecule has 2 amide bonds. The summed E-state index contributed by atoms with van der Waals surface area (Å²) in [4.78, 5) is 26.8. The third kappa shape index (κ3) is 5.94. The van der Waals surface area contributed by atoms with Crippen molar-refractivity contribution in [3.05, 3.63) is 60.2 Å². The Morgan fingerprint density at radius 2 is 1.87 bits per heavy atom. The van der Waals surface area contributed by atoms with Crippen molar-refractivity contribution >= 4 is 12.0 Å². The molecule has 1 aliphatic carbocycles. The van der Waals surface area contributed by atoms with E-state index >= 15 is 0 Å². The number of nitrogens with zero attached hydrogens (tertiary/aromatic N) is 3. The number of nitriles is 1. The SMILES string of the molecule is C[C@H](NC(=O)O)C(=O)N1CCN(CCOC2(C#N)C=CC(c3ccccc3)C=C2)CC1. The van der Waals surface area contributed by atoms with Crippen LogP contribution in [0.1, 0.15) is 18.4 Å². The normalized spacial score (nSPS) is 24.4. The van der Waals surface area contributed by atoms with Crippen LogP contribution < -0.4 is 5.32 Å². The first-order valence-electron chi connectivity index (χ1n) is 10.4. The molecule has 0 unspecified atom stereocenters. The van der Waals surface area contributed by atoms with Gasteiger partial charge in [0.25, 0.3) is 0 Å². The molecule has 3 rings (SSSR count). The van der Waals surface area contributed by atoms with E-state index in [0.29, 0.717) is 39.3 Å². The smallest absolute Gasteiger partial charge is 0.405 e. The lowest BCUT2D eigenvalue weighted by atomic mass is 9.89. The van der Waals surface area contributed by atoms with E-state index in [-0.39, 0.29) is 11.8 Å². The molecule has 1 atom stereocenters. The minimum Gasteiger partial charge on any atom is -0.465 e. The van der Waals surface area contributed by atoms with Gasteiger partial charge in [-0.25, -0.2) is 4.79 Å². The predicted molar refractivity (Wildman–Crippen MR) is 115 cm³/mol. The van der Waals surface area contributed by atoms with Gasteiger partial charge in [0.15, 0.2) is 5.60 Å². The van der Waals surface area contributed by atoms with E-state index in [4.69, 9.17) is 9.84 Å². The van der Waals surface area contributed by atoms with Crippen LogP contribution in [0, 0.1) is 11.3 Å². The molecule has 164 valence electrons. The van der Waals surface area contributed by atoms with Gasteiger partial charge in [-0.15, -0.1) is 0 Å². The number of carboxylic acid groups (broad SMARTS) is 1. The van der Waals surface area contributed by atoms with E-state index in [2.05, 4.69) is 28.4 Å². The van der Waals surface area contributed by atoms with E-state index in [9.17, 15) is 14.9 Å². The molecule has 1 aliphatic heterocycles. The summed E-state index contributed by atoms with van der Waals surface area (Å²) in [7, 11) is 0. The average molecular weight is 425 g/mol. The number of carbonyl (C=O) groups excluding carboxylic acids is 1. The van der Waals surface area contributed by atoms with Gasteiger partial charge in [-0.2, -0.15) is 5.26 Å². The Morgan fingerprint density at radius 1 is 1.23 bits per heavy atom. The van der Waals surface area contributed by atoms with Crippen LogP contribution in [-0.2, 0) is 9.53 Å². The fraction of sp³-hybridized carbons (Fsp3) is 0.435. The molecular formula is C23H28N4O4. The van der Waals surface area contributed by atoms with Crippen LogP contribution in [-0.4, -0.2) is 77.9 Å². The Balaban J connectivity index is 1.43. The molecule has 2 aliphatic rings. The maximum absolute atomic E-state index is 12.3. The first-order chi connectivity index (χ1) is 14.9. The van der Waals surface area contributed by atoms with Crippen LogP contribution in [0.25, 0.3) is 0 Å². The zero-order chi connectivity index (χ0) is 22.3. The number of rotatable bonds is 7. The van der Waals surface area contributed by atoms with Crippen molar-refractivity contribution in [3.63, 3.8) is 0 Å². The maximum Gasteiger partial charge on any atom is 0.405 e. The standard InChI is InChI=1S/C23H28N4O4/c1-18(25-22(29)30)21(28)27-13-11-26(12-14-27)15-16-31-23(17-24)9-7-20(8-10-23)19-5-3-2-4-6-19/h2-10,18,20,25H,11-16H2,1H3,(H,29,30)/t18-,20?,23?/m0/s1. The summed E-state index contributed by atoms with van der Waals surface area (Å²) in [5, 5.41) is 20.6. The summed E-state index contributed by atoms with van der Waals surface area (Å²) in [6.45, 7) is 5.01. The number of benzene rings is 1. The largest absolute Gasteiger partial charge is 0.465 e. The summed E-state index contributed by atoms with van der Waals surface area (Å²) in [6.07, 6.45) is 6.42. The molecule has 1 fully saturated rings. The van der Waals surface area contributed by atoms with E-state index < -0.39 is 17.7 Å². The van der Waals surface area contributed by atoms with E-state index in [1.807, 2.05) is 42.5 Å². The quantitative estimate of drug-likeness (QED) is 0.649. The molecule has 0 aromatic heterocycles. The molecular weight excluding hydrogens is 396 g/mol. The minimum atomic E-state index is -1.20. The number of allylic oxidation sites excluding steroid dienone is 2. The Kier molecular flexibility index (Phi) is 7.45. The van der Waals surface area contributed by atoms with Crippen LogP contribution in [0.4, 0.5) is 4.79 Å². The zero-order valence-corrected chi connectivity index (χ0v) is 17.6. The van der Waals surface area contributed by atoms with Crippen LogP contribution in [0.15, 0.2) is 54.6 Å². The highest BCUT2D eigenvalue weighted by Gasteiger charge is 2.29. The molecule has 0 spiro atoms. The molecule has 1 heterocycles. The van der Waals surface area contributed by atoms with Crippen molar-refractivity contribution in [1.82, 2.24) is 15.1 Å². The van der Waals surface area contributed by atoms with E-state index in [1.54, 1.807) is 11.8 Å². The van der Waals surface area contributed by atoms with Gasteiger partial charge in [-0.3, -0.25) is 9.69 Å². The van der Waals surface area contributed by atoms with Gasteiger partial charge < -0.3 is 20.1 Å². The second-order valence-electron chi connectivity index (χ2n) is 7.75. The fourth-order valence-corrected chi connectivity index (χ4v) is 3.77. The van der Waals surface area contributed by atoms with Crippen LogP contribution >= 0.6 is 0 Å². The summed E-state index contributed by atoms with van der Waals surface area (Å²) >= 11 is 0. The van der Waals surface area contributed by atoms with E-state index in [0.717, 1.165) is 0 Å². The molecule has 8 nitrogen and oxygen atoms in total. The molecule has 1 aromatic carbocycles. The molecule has 0 saturated carbocycles. The third-order valence-corrected chi connectivity index (χ3v) is 5.60. The minimum absolute atomic E-state index is 0.134. The van der Waals surface area contributed by atoms with Gasteiger partial charge in [0.1, 0.15) is 12.1 Å². The zero-order valence-electron chi connectivity index (χ0n) is 17.6. The molecule has 0 bridgehead atoms. The van der Waals surface area contributed by atoms with Gasteiger partial charge in [0, 0.05) is 38.6 Å². The Hall–Kier alpha value is -3.15. The lowest BCUT2D eigenvalue weighted by molar-refractivity contribution is -0.134. The van der Waals surface area contributed by atoms with Crippen LogP contribution in [0.3, 0.4) is 0 Å². The number of amides is 2. The topological polar surface area (TPSA) is 106 Å². The highest BCUT2D eigenvalue weighted by molar-refractivity contribution is 5.85. The summed E-state index contributed by atoms with van der Waals surface area (Å²) in [5.74, 6) is -0.0814. The van der Waals surface area contributed by atoms with Crippen LogP contribution in [0.5, 0.6) is 0 Å². The number of carbonyl (C=O) groups is 2. The molecule has 1 saturated heterocycles. The number of nitrogens with one attached hydrogen (secondary N) is 1. The average Bonchev–Trinajstić information content (AvgIpc) is 2.79. The highest BCUT2D eigenvalue weighted by atomic mass is 16.5. The first-order valence-corrected chi connectivity index (χ1v) is 10.4. The van der Waals surface area contributed by atoms with Gasteiger partial charge in [0.2, 0.25) is 5.91 Å². The number of hydrogen-bond donors (Lipinski definition) is 2. The maximum atomic E-state index is 12.3. The Morgan fingerprint density at radius 3 is 2.45 bits per heavy atom. The first kappa shape index (κ1) is 22.5. The highest BCUT2D eigenvalue weighted by Crippen LogP contribution is 2.28. The number of piperazine rings is 1. The van der Waals surface area contributed by atoms with Gasteiger partial charge in [0.05, 0.1) is 6.61 Å². The second-order valence-corrected chi connectivity index (χ2v) is 7.75. The molecule has 31 heavy (non-hydrogen) atoms. The fourth-order valence-electron chi connectivity index (χ4n) is 3.77. The summed E-state index contributed by atoms with van der Waals surface area (Å²) in [6, 6.07) is 11.6. The number of ether oxygens (including phenoxy) is 1. The van der Waals surface area contributed by atoms with Crippen molar-refractivity contribution < 1.29 is 19.4 Å². The van der Waals surface area contributed by atoms with Crippen molar-refractivity contribution in [2.75, 3.05) is 39.3 Å². The Labute approximate surface area is 182 Å². The van der Waals surface area contributed by atoms with E-state index in [1.165, 1.54) is 5.56 Å². The molecule has 2 N–H and O–H groups in total. The summed E-state index contributed by atoms with van der Waals surface area (Å²) in [5.41, 5.74) is 0.114. The van der Waals surface area contributed by atoms with Crippen molar-refractivity contribution in [1.29, 1.82) is 5.26 Å².